The molecule has 0 aliphatic heterocycles. The predicted molar refractivity (Wildman–Crippen MR) is 81.3 cm³/mol. The zero-order chi connectivity index (χ0) is 13.9. The maximum atomic E-state index is 11.2. The van der Waals surface area contributed by atoms with Crippen molar-refractivity contribution < 1.29 is 4.42 Å². The van der Waals surface area contributed by atoms with Crippen LogP contribution in [-0.4, -0.2) is 11.5 Å². The summed E-state index contributed by atoms with van der Waals surface area (Å²) in [6, 6.07) is 10.2. The minimum Gasteiger partial charge on any atom is -0.408 e. The molecular formula is C15H16N2O2S. The summed E-state index contributed by atoms with van der Waals surface area (Å²) in [5.74, 6) is -0.411. The Balaban J connectivity index is 2.01. The summed E-state index contributed by atoms with van der Waals surface area (Å²) in [5.41, 5.74) is 2.45. The van der Waals surface area contributed by atoms with Gasteiger partial charge in [-0.3, -0.25) is 4.98 Å². The van der Waals surface area contributed by atoms with Crippen LogP contribution >= 0.6 is 11.3 Å². The van der Waals surface area contributed by atoms with Crippen LogP contribution in [0.4, 0.5) is 0 Å². The first kappa shape index (κ1) is 13.1. The fourth-order valence-corrected chi connectivity index (χ4v) is 3.10. The smallest absolute Gasteiger partial charge is 0.408 e. The molecule has 4 nitrogen and oxygen atoms in total. The van der Waals surface area contributed by atoms with Gasteiger partial charge in [0.15, 0.2) is 5.58 Å². The van der Waals surface area contributed by atoms with Crippen LogP contribution in [0.15, 0.2) is 44.9 Å². The summed E-state index contributed by atoms with van der Waals surface area (Å²) in [6.07, 6.45) is 1.07. The van der Waals surface area contributed by atoms with Crippen LogP contribution in [0.5, 0.6) is 0 Å². The fraction of sp³-hybridized carbons (Fsp3) is 0.267. The Morgan fingerprint density at radius 3 is 3.05 bits per heavy atom. The van der Waals surface area contributed by atoms with Gasteiger partial charge in [0.1, 0.15) is 0 Å². The van der Waals surface area contributed by atoms with Crippen molar-refractivity contribution in [2.24, 2.45) is 0 Å². The van der Waals surface area contributed by atoms with Crippen LogP contribution in [0.1, 0.15) is 29.8 Å². The highest BCUT2D eigenvalue weighted by molar-refractivity contribution is 7.10. The molecule has 0 aliphatic carbocycles. The van der Waals surface area contributed by atoms with Crippen molar-refractivity contribution in [3.05, 3.63) is 56.7 Å². The van der Waals surface area contributed by atoms with Gasteiger partial charge in [-0.2, -0.15) is 0 Å². The SMILES string of the molecule is CCCNC(c1ccc2[nH]c(=O)oc2c1)c1cccs1. The van der Waals surface area contributed by atoms with Crippen molar-refractivity contribution in [3.8, 4) is 0 Å². The van der Waals surface area contributed by atoms with Crippen molar-refractivity contribution in [2.75, 3.05) is 6.54 Å². The van der Waals surface area contributed by atoms with E-state index in [1.54, 1.807) is 11.3 Å². The fourth-order valence-electron chi connectivity index (χ4n) is 2.27. The molecule has 104 valence electrons. The van der Waals surface area contributed by atoms with E-state index in [1.807, 2.05) is 18.2 Å². The molecule has 3 rings (SSSR count). The normalized spacial score (nSPS) is 12.8. The second kappa shape index (κ2) is 5.64. The van der Waals surface area contributed by atoms with Gasteiger partial charge in [-0.25, -0.2) is 4.79 Å². The molecule has 20 heavy (non-hydrogen) atoms. The second-order valence-electron chi connectivity index (χ2n) is 4.67. The number of aromatic amines is 1. The number of aromatic nitrogens is 1. The van der Waals surface area contributed by atoms with Crippen LogP contribution in [0.2, 0.25) is 0 Å². The Bertz CT molecular complexity index is 743. The van der Waals surface area contributed by atoms with Gasteiger partial charge in [0.25, 0.3) is 0 Å². The van der Waals surface area contributed by atoms with Gasteiger partial charge in [0.2, 0.25) is 0 Å². The largest absolute Gasteiger partial charge is 0.417 e. The summed E-state index contributed by atoms with van der Waals surface area (Å²) in [7, 11) is 0. The molecule has 0 fully saturated rings. The lowest BCUT2D eigenvalue weighted by Crippen LogP contribution is -2.22. The lowest BCUT2D eigenvalue weighted by molar-refractivity contribution is 0.553. The predicted octanol–water partition coefficient (Wildman–Crippen LogP) is 3.27. The van der Waals surface area contributed by atoms with E-state index in [2.05, 4.69) is 34.7 Å². The average molecular weight is 288 g/mol. The highest BCUT2D eigenvalue weighted by atomic mass is 32.1. The highest BCUT2D eigenvalue weighted by Gasteiger charge is 2.15. The first-order chi connectivity index (χ1) is 9.78. The van der Waals surface area contributed by atoms with E-state index in [0.29, 0.717) is 5.58 Å². The average Bonchev–Trinajstić information content (AvgIpc) is 3.07. The number of nitrogens with one attached hydrogen (secondary N) is 2. The van der Waals surface area contributed by atoms with Gasteiger partial charge in [0, 0.05) is 4.88 Å². The minimum atomic E-state index is -0.411. The Labute approximate surface area is 120 Å². The molecule has 0 saturated carbocycles. The topological polar surface area (TPSA) is 58.0 Å². The first-order valence-electron chi connectivity index (χ1n) is 6.67. The zero-order valence-electron chi connectivity index (χ0n) is 11.2. The third-order valence-corrected chi connectivity index (χ3v) is 4.14. The van der Waals surface area contributed by atoms with Crippen molar-refractivity contribution in [2.45, 2.75) is 19.4 Å². The Morgan fingerprint density at radius 1 is 1.40 bits per heavy atom. The lowest BCUT2D eigenvalue weighted by atomic mass is 10.0. The summed E-state index contributed by atoms with van der Waals surface area (Å²) < 4.78 is 5.15. The Kier molecular flexibility index (Phi) is 3.71. The van der Waals surface area contributed by atoms with E-state index < -0.39 is 5.76 Å². The van der Waals surface area contributed by atoms with Crippen molar-refractivity contribution in [1.82, 2.24) is 10.3 Å². The van der Waals surface area contributed by atoms with Crippen LogP contribution in [0, 0.1) is 0 Å². The monoisotopic (exact) mass is 288 g/mol. The van der Waals surface area contributed by atoms with Crippen molar-refractivity contribution >= 4 is 22.4 Å². The number of thiophene rings is 1. The van der Waals surface area contributed by atoms with Gasteiger partial charge in [0.05, 0.1) is 11.6 Å². The van der Waals surface area contributed by atoms with Crippen LogP contribution in [-0.2, 0) is 0 Å². The maximum Gasteiger partial charge on any atom is 0.417 e. The van der Waals surface area contributed by atoms with Crippen molar-refractivity contribution in [1.29, 1.82) is 0 Å². The molecule has 3 aromatic rings. The molecule has 0 radical (unpaired) electrons. The van der Waals surface area contributed by atoms with E-state index in [-0.39, 0.29) is 6.04 Å². The van der Waals surface area contributed by atoms with Crippen LogP contribution in [0.3, 0.4) is 0 Å². The first-order valence-corrected chi connectivity index (χ1v) is 7.55. The molecule has 0 aliphatic rings. The maximum absolute atomic E-state index is 11.2. The summed E-state index contributed by atoms with van der Waals surface area (Å²) in [5, 5.41) is 5.61. The van der Waals surface area contributed by atoms with Crippen LogP contribution in [0.25, 0.3) is 11.1 Å². The summed E-state index contributed by atoms with van der Waals surface area (Å²) in [4.78, 5) is 15.2. The second-order valence-corrected chi connectivity index (χ2v) is 5.65. The third kappa shape index (κ3) is 2.55. The Hall–Kier alpha value is -1.85. The number of oxazole rings is 1. The van der Waals surface area contributed by atoms with Gasteiger partial charge in [-0.05, 0) is 42.1 Å². The molecule has 0 spiro atoms. The van der Waals surface area contributed by atoms with E-state index in [1.165, 1.54) is 4.88 Å². The lowest BCUT2D eigenvalue weighted by Gasteiger charge is -2.17. The quantitative estimate of drug-likeness (QED) is 0.757. The van der Waals surface area contributed by atoms with Gasteiger partial charge < -0.3 is 9.73 Å². The van der Waals surface area contributed by atoms with Crippen LogP contribution < -0.4 is 11.1 Å². The number of fused-ring (bicyclic) bond motifs is 1. The molecule has 2 aromatic heterocycles. The van der Waals surface area contributed by atoms with E-state index in [4.69, 9.17) is 4.42 Å². The number of rotatable bonds is 5. The molecule has 0 bridgehead atoms. The van der Waals surface area contributed by atoms with Crippen molar-refractivity contribution in [3.63, 3.8) is 0 Å². The number of H-pyrrole nitrogens is 1. The van der Waals surface area contributed by atoms with Gasteiger partial charge in [-0.1, -0.05) is 19.1 Å². The molecule has 2 N–H and O–H groups in total. The zero-order valence-corrected chi connectivity index (χ0v) is 12.0. The van der Waals surface area contributed by atoms with E-state index in [0.717, 1.165) is 24.0 Å². The van der Waals surface area contributed by atoms with E-state index in [9.17, 15) is 4.79 Å². The van der Waals surface area contributed by atoms with E-state index >= 15 is 0 Å². The molecule has 1 aromatic carbocycles. The summed E-state index contributed by atoms with van der Waals surface area (Å²) >= 11 is 1.72. The van der Waals surface area contributed by atoms with Gasteiger partial charge >= 0.3 is 5.76 Å². The molecular weight excluding hydrogens is 272 g/mol. The molecule has 1 unspecified atom stereocenters. The number of benzene rings is 1. The minimum absolute atomic E-state index is 0.138. The molecule has 0 amide bonds. The molecule has 0 saturated heterocycles. The summed E-state index contributed by atoms with van der Waals surface area (Å²) in [6.45, 7) is 3.09. The number of hydrogen-bond donors (Lipinski definition) is 2. The highest BCUT2D eigenvalue weighted by Crippen LogP contribution is 2.27. The molecule has 5 heteroatoms. The molecule has 1 atom stereocenters. The Morgan fingerprint density at radius 2 is 2.30 bits per heavy atom. The number of hydrogen-bond acceptors (Lipinski definition) is 4. The standard InChI is InChI=1S/C15H16N2O2S/c1-2-7-16-14(13-4-3-8-20-13)10-5-6-11-12(9-10)19-15(18)17-11/h3-6,8-9,14,16H,2,7H2,1H3,(H,17,18). The third-order valence-electron chi connectivity index (χ3n) is 3.20. The van der Waals surface area contributed by atoms with Gasteiger partial charge in [-0.15, -0.1) is 11.3 Å². The molecule has 2 heterocycles.